The van der Waals surface area contributed by atoms with Gasteiger partial charge in [-0.1, -0.05) is 12.1 Å². The number of imidazole rings is 1. The van der Waals surface area contributed by atoms with E-state index in [4.69, 9.17) is 0 Å². The van der Waals surface area contributed by atoms with Gasteiger partial charge in [0.25, 0.3) is 5.56 Å². The molecule has 4 aromatic rings. The molecule has 0 saturated carbocycles. The molecule has 2 aromatic carbocycles. The quantitative estimate of drug-likeness (QED) is 0.414. The molecule has 0 aliphatic heterocycles. The first-order chi connectivity index (χ1) is 16.7. The number of aromatic amines is 1. The lowest BCUT2D eigenvalue weighted by Gasteiger charge is -2.23. The highest BCUT2D eigenvalue weighted by molar-refractivity contribution is 5.91. The van der Waals surface area contributed by atoms with Gasteiger partial charge >= 0.3 is 11.4 Å². The molecule has 0 atom stereocenters. The number of hydrogen-bond acceptors (Lipinski definition) is 6. The van der Waals surface area contributed by atoms with Crippen LogP contribution >= 0.6 is 0 Å². The van der Waals surface area contributed by atoms with Gasteiger partial charge in [-0.05, 0) is 50.6 Å². The molecule has 0 fully saturated rings. The van der Waals surface area contributed by atoms with Crippen LogP contribution in [0.3, 0.4) is 0 Å². The van der Waals surface area contributed by atoms with Crippen LogP contribution in [0.15, 0.2) is 55.8 Å². The zero-order chi connectivity index (χ0) is 25.4. The molecular weight excluding hydrogens is 448 g/mol. The molecule has 0 radical (unpaired) electrons. The fourth-order valence-electron chi connectivity index (χ4n) is 4.24. The Labute approximate surface area is 201 Å². The predicted molar refractivity (Wildman–Crippen MR) is 138 cm³/mol. The van der Waals surface area contributed by atoms with Crippen LogP contribution in [0.5, 0.6) is 5.88 Å². The third-order valence-electron chi connectivity index (χ3n) is 6.19. The number of H-pyrrole nitrogens is 1. The minimum Gasteiger partial charge on any atom is -0.493 e. The Balaban J connectivity index is 1.93. The van der Waals surface area contributed by atoms with Gasteiger partial charge in [0.05, 0.1) is 28.1 Å². The first-order valence-electron chi connectivity index (χ1n) is 11.3. The number of hydrogen-bond donors (Lipinski definition) is 2. The van der Waals surface area contributed by atoms with Gasteiger partial charge in [0.15, 0.2) is 0 Å². The van der Waals surface area contributed by atoms with E-state index < -0.39 is 17.1 Å². The lowest BCUT2D eigenvalue weighted by atomic mass is 10.2. The molecule has 2 aromatic heterocycles. The first kappa shape index (κ1) is 23.8. The number of aryl methyl sites for hydroxylation is 3. The van der Waals surface area contributed by atoms with Gasteiger partial charge in [0.1, 0.15) is 5.56 Å². The maximum Gasteiger partial charge on any atom is 0.335 e. The average molecular weight is 477 g/mol. The van der Waals surface area contributed by atoms with E-state index in [1.165, 1.54) is 10.8 Å². The van der Waals surface area contributed by atoms with Gasteiger partial charge in [-0.15, -0.1) is 0 Å². The van der Waals surface area contributed by atoms with Crippen LogP contribution in [-0.4, -0.2) is 43.1 Å². The highest BCUT2D eigenvalue weighted by Gasteiger charge is 2.17. The SMILES string of the molecule is CCN(CC)c1cc2c(cc1N=Cc1c(O)n(-c3cccc(C)c3)c(=O)[nH]c1=O)n(C)c(=O)n2C. The van der Waals surface area contributed by atoms with Crippen LogP contribution in [0, 0.1) is 6.92 Å². The van der Waals surface area contributed by atoms with Crippen molar-refractivity contribution < 1.29 is 5.11 Å². The molecule has 35 heavy (non-hydrogen) atoms. The van der Waals surface area contributed by atoms with Gasteiger partial charge in [0.2, 0.25) is 5.88 Å². The van der Waals surface area contributed by atoms with E-state index in [2.05, 4.69) is 14.9 Å². The van der Waals surface area contributed by atoms with Gasteiger partial charge in [-0.25, -0.2) is 14.2 Å². The highest BCUT2D eigenvalue weighted by Crippen LogP contribution is 2.33. The number of aliphatic imine (C=N–C) groups is 1. The number of nitrogens with one attached hydrogen (secondary N) is 1. The number of rotatable bonds is 6. The maximum atomic E-state index is 12.6. The smallest absolute Gasteiger partial charge is 0.335 e. The van der Waals surface area contributed by atoms with Crippen molar-refractivity contribution in [3.63, 3.8) is 0 Å². The summed E-state index contributed by atoms with van der Waals surface area (Å²) in [5.74, 6) is -0.509. The van der Waals surface area contributed by atoms with Crippen molar-refractivity contribution in [2.45, 2.75) is 20.8 Å². The summed E-state index contributed by atoms with van der Waals surface area (Å²) in [5, 5.41) is 10.9. The molecule has 0 bridgehead atoms. The summed E-state index contributed by atoms with van der Waals surface area (Å²) in [5.41, 5.74) is 2.23. The van der Waals surface area contributed by atoms with Crippen molar-refractivity contribution in [3.8, 4) is 11.6 Å². The summed E-state index contributed by atoms with van der Waals surface area (Å²) in [4.78, 5) is 46.5. The number of benzene rings is 2. The summed E-state index contributed by atoms with van der Waals surface area (Å²) < 4.78 is 4.14. The molecule has 0 unspecified atom stereocenters. The van der Waals surface area contributed by atoms with E-state index in [-0.39, 0.29) is 11.3 Å². The van der Waals surface area contributed by atoms with Crippen molar-refractivity contribution in [3.05, 3.63) is 78.8 Å². The van der Waals surface area contributed by atoms with Crippen molar-refractivity contribution in [2.24, 2.45) is 19.1 Å². The van der Waals surface area contributed by atoms with Crippen LogP contribution in [0.25, 0.3) is 16.7 Å². The van der Waals surface area contributed by atoms with Crippen LogP contribution in [0.1, 0.15) is 25.0 Å². The minimum absolute atomic E-state index is 0.154. The summed E-state index contributed by atoms with van der Waals surface area (Å²) in [7, 11) is 3.40. The molecule has 0 aliphatic carbocycles. The van der Waals surface area contributed by atoms with Crippen LogP contribution in [0.4, 0.5) is 11.4 Å². The molecule has 0 amide bonds. The maximum absolute atomic E-state index is 12.6. The van der Waals surface area contributed by atoms with Gasteiger partial charge in [-0.3, -0.25) is 23.9 Å². The Morgan fingerprint density at radius 3 is 2.31 bits per heavy atom. The Morgan fingerprint density at radius 1 is 1.03 bits per heavy atom. The first-order valence-corrected chi connectivity index (χ1v) is 11.3. The van der Waals surface area contributed by atoms with Crippen LogP contribution in [-0.2, 0) is 14.1 Å². The van der Waals surface area contributed by atoms with Gasteiger partial charge in [0, 0.05) is 33.4 Å². The van der Waals surface area contributed by atoms with Crippen molar-refractivity contribution in [1.29, 1.82) is 0 Å². The minimum atomic E-state index is -0.752. The molecule has 2 heterocycles. The van der Waals surface area contributed by atoms with Gasteiger partial charge in [-0.2, -0.15) is 0 Å². The fourth-order valence-corrected chi connectivity index (χ4v) is 4.24. The predicted octanol–water partition coefficient (Wildman–Crippen LogP) is 2.33. The third-order valence-corrected chi connectivity index (χ3v) is 6.19. The molecule has 2 N–H and O–H groups in total. The van der Waals surface area contributed by atoms with Crippen molar-refractivity contribution >= 4 is 28.6 Å². The molecule has 4 rings (SSSR count). The second kappa shape index (κ2) is 9.13. The lowest BCUT2D eigenvalue weighted by Crippen LogP contribution is -2.31. The summed E-state index contributed by atoms with van der Waals surface area (Å²) in [6.07, 6.45) is 1.25. The van der Waals surface area contributed by atoms with Crippen LogP contribution in [0.2, 0.25) is 0 Å². The second-order valence-electron chi connectivity index (χ2n) is 8.33. The van der Waals surface area contributed by atoms with Crippen LogP contribution < -0.4 is 21.8 Å². The van der Waals surface area contributed by atoms with E-state index >= 15 is 0 Å². The molecule has 0 aliphatic rings. The monoisotopic (exact) mass is 476 g/mol. The molecule has 10 heteroatoms. The fraction of sp³-hybridized carbons (Fsp3) is 0.280. The zero-order valence-corrected chi connectivity index (χ0v) is 20.4. The van der Waals surface area contributed by atoms with E-state index in [0.717, 1.165) is 21.3 Å². The largest absolute Gasteiger partial charge is 0.493 e. The van der Waals surface area contributed by atoms with Gasteiger partial charge < -0.3 is 10.0 Å². The van der Waals surface area contributed by atoms with Crippen molar-refractivity contribution in [1.82, 2.24) is 18.7 Å². The Morgan fingerprint density at radius 2 is 1.69 bits per heavy atom. The highest BCUT2D eigenvalue weighted by atomic mass is 16.3. The molecule has 0 saturated heterocycles. The van der Waals surface area contributed by atoms with E-state index in [0.29, 0.717) is 30.0 Å². The normalized spacial score (nSPS) is 11.6. The van der Waals surface area contributed by atoms with E-state index in [1.807, 2.05) is 32.9 Å². The van der Waals surface area contributed by atoms with E-state index in [1.54, 1.807) is 42.9 Å². The number of fused-ring (bicyclic) bond motifs is 1. The number of anilines is 1. The topological polar surface area (TPSA) is 118 Å². The molecule has 182 valence electrons. The number of nitrogens with zero attached hydrogens (tertiary/aromatic N) is 5. The second-order valence-corrected chi connectivity index (χ2v) is 8.33. The Hall–Kier alpha value is -4.34. The molecule has 0 spiro atoms. The Bertz CT molecular complexity index is 1630. The number of aromatic hydroxyl groups is 1. The number of aromatic nitrogens is 4. The average Bonchev–Trinajstić information content (AvgIpc) is 3.03. The van der Waals surface area contributed by atoms with Crippen molar-refractivity contribution in [2.75, 3.05) is 18.0 Å². The summed E-state index contributed by atoms with van der Waals surface area (Å²) in [6, 6.07) is 10.7. The lowest BCUT2D eigenvalue weighted by molar-refractivity contribution is 0.430. The summed E-state index contributed by atoms with van der Waals surface area (Å²) >= 11 is 0. The standard InChI is InChI=1S/C25H28N6O4/c1-6-30(7-2)19-13-21-20(28(4)25(35)29(21)5)12-18(19)26-14-17-22(32)27-24(34)31(23(17)33)16-10-8-9-15(3)11-16/h8-14,33H,6-7H2,1-5H3,(H,27,32,34). The molecular formula is C25H28N6O4. The Kier molecular flexibility index (Phi) is 6.21. The summed E-state index contributed by atoms with van der Waals surface area (Å²) in [6.45, 7) is 7.30. The molecule has 10 nitrogen and oxygen atoms in total. The zero-order valence-electron chi connectivity index (χ0n) is 20.4. The third kappa shape index (κ3) is 4.07. The van der Waals surface area contributed by atoms with E-state index in [9.17, 15) is 19.5 Å².